The maximum atomic E-state index is 14.4. The molecule has 0 bridgehead atoms. The maximum Gasteiger partial charge on any atom is 0.290 e. The Bertz CT molecular complexity index is 2520. The van der Waals surface area contributed by atoms with Crippen LogP contribution in [0, 0.1) is 0 Å². The number of ether oxygens (including phenoxy) is 1. The molecule has 6 aromatic carbocycles. The SMILES string of the molecule is CCCCCCCCCCCCN(C(=O)Sc1cccc(C(=O)Nc2ccc(/C=C/c3ccc(N(C)C)cc3)cc2)c1)c1cccc2c(O)c(C(=O)Nc3ccccc3OC)ccc12. The van der Waals surface area contributed by atoms with Crippen molar-refractivity contribution >= 4 is 74.5 Å². The van der Waals surface area contributed by atoms with Crippen LogP contribution in [0.2, 0.25) is 0 Å². The third-order valence-electron chi connectivity index (χ3n) is 11.2. The molecule has 10 heteroatoms. The summed E-state index contributed by atoms with van der Waals surface area (Å²) >= 11 is 1.06. The second-order valence-electron chi connectivity index (χ2n) is 16.1. The molecule has 6 rings (SSSR count). The molecule has 64 heavy (non-hydrogen) atoms. The number of anilines is 4. The minimum absolute atomic E-state index is 0.0994. The fourth-order valence-corrected chi connectivity index (χ4v) is 8.40. The van der Waals surface area contributed by atoms with E-state index in [0.717, 1.165) is 47.8 Å². The number of methoxy groups -OCH3 is 1. The van der Waals surface area contributed by atoms with E-state index in [1.165, 1.54) is 52.1 Å². The summed E-state index contributed by atoms with van der Waals surface area (Å²) in [4.78, 5) is 45.8. The smallest absolute Gasteiger partial charge is 0.290 e. The Hall–Kier alpha value is -6.52. The summed E-state index contributed by atoms with van der Waals surface area (Å²) in [5.41, 5.74) is 5.55. The van der Waals surface area contributed by atoms with Gasteiger partial charge in [-0.3, -0.25) is 14.4 Å². The minimum atomic E-state index is -0.487. The number of carbonyl (C=O) groups excluding carboxylic acids is 3. The summed E-state index contributed by atoms with van der Waals surface area (Å²) in [5, 5.41) is 18.2. The molecule has 0 unspecified atom stereocenters. The number of amides is 3. The average molecular weight is 877 g/mol. The standard InChI is InChI=1S/C54H60N4O5S/c1-5-6-7-8-9-10-11-12-13-16-37-58(49-23-18-21-46-45(49)35-36-47(51(46)59)53(61)56-48-22-14-15-24-50(48)63-4)54(62)64-44-20-17-19-41(38-44)52(60)55-42-31-27-39(28-32-42)25-26-40-29-33-43(34-30-40)57(2)3/h14-15,17-36,38,59H,5-13,16,37H2,1-4H3,(H,55,60)(H,56,61)/b26-25+. The first-order valence-corrected chi connectivity index (χ1v) is 23.1. The number of phenols is 1. The van der Waals surface area contributed by atoms with Crippen LogP contribution in [-0.2, 0) is 0 Å². The molecule has 3 amide bonds. The van der Waals surface area contributed by atoms with E-state index < -0.39 is 5.91 Å². The number of benzene rings is 6. The van der Waals surface area contributed by atoms with Gasteiger partial charge in [0.15, 0.2) is 0 Å². The highest BCUT2D eigenvalue weighted by Gasteiger charge is 2.23. The molecule has 3 N–H and O–H groups in total. The van der Waals surface area contributed by atoms with Crippen molar-refractivity contribution in [3.8, 4) is 11.5 Å². The molecular formula is C54H60N4O5S. The predicted octanol–water partition coefficient (Wildman–Crippen LogP) is 13.9. The predicted molar refractivity (Wildman–Crippen MR) is 268 cm³/mol. The number of phenolic OH excluding ortho intramolecular Hbond substituents is 1. The second-order valence-corrected chi connectivity index (χ2v) is 17.1. The fraction of sp³-hybridized carbons (Fsp3) is 0.278. The van der Waals surface area contributed by atoms with Gasteiger partial charge in [-0.05, 0) is 96.0 Å². The van der Waals surface area contributed by atoms with Crippen LogP contribution in [-0.4, -0.2) is 49.9 Å². The van der Waals surface area contributed by atoms with E-state index in [1.807, 2.05) is 62.6 Å². The van der Waals surface area contributed by atoms with Gasteiger partial charge in [0.05, 0.1) is 24.0 Å². The normalized spacial score (nSPS) is 11.1. The molecular weight excluding hydrogens is 817 g/mol. The molecule has 0 heterocycles. The minimum Gasteiger partial charge on any atom is -0.506 e. The van der Waals surface area contributed by atoms with Crippen LogP contribution in [0.15, 0.2) is 132 Å². The summed E-state index contributed by atoms with van der Waals surface area (Å²) in [6, 6.07) is 38.9. The average Bonchev–Trinajstić information content (AvgIpc) is 3.31. The summed E-state index contributed by atoms with van der Waals surface area (Å²) < 4.78 is 5.40. The zero-order valence-electron chi connectivity index (χ0n) is 37.4. The third-order valence-corrected chi connectivity index (χ3v) is 12.1. The Labute approximate surface area is 382 Å². The number of fused-ring (bicyclic) bond motifs is 1. The Morgan fingerprint density at radius 2 is 1.30 bits per heavy atom. The van der Waals surface area contributed by atoms with Gasteiger partial charge in [0.2, 0.25) is 0 Å². The van der Waals surface area contributed by atoms with Crippen molar-refractivity contribution in [2.75, 3.05) is 48.2 Å². The van der Waals surface area contributed by atoms with E-state index in [-0.39, 0.29) is 22.5 Å². The molecule has 0 spiro atoms. The van der Waals surface area contributed by atoms with E-state index >= 15 is 0 Å². The number of nitrogens with one attached hydrogen (secondary N) is 2. The Morgan fingerprint density at radius 1 is 0.656 bits per heavy atom. The van der Waals surface area contributed by atoms with Gasteiger partial charge in [0, 0.05) is 53.2 Å². The molecule has 0 aliphatic rings. The lowest BCUT2D eigenvalue weighted by molar-refractivity contribution is 0.101. The number of rotatable bonds is 21. The first-order valence-electron chi connectivity index (χ1n) is 22.3. The number of aromatic hydroxyl groups is 1. The topological polar surface area (TPSA) is 111 Å². The molecule has 9 nitrogen and oxygen atoms in total. The van der Waals surface area contributed by atoms with Gasteiger partial charge >= 0.3 is 0 Å². The number of hydrogen-bond acceptors (Lipinski definition) is 7. The Kier molecular flexibility index (Phi) is 17.5. The van der Waals surface area contributed by atoms with Gasteiger partial charge in [-0.1, -0.05) is 138 Å². The van der Waals surface area contributed by atoms with Crippen LogP contribution in [0.3, 0.4) is 0 Å². The quantitative estimate of drug-likeness (QED) is 0.0375. The molecule has 0 aliphatic carbocycles. The molecule has 6 aromatic rings. The second kappa shape index (κ2) is 23.8. The molecule has 0 atom stereocenters. The summed E-state index contributed by atoms with van der Waals surface area (Å²) in [6.45, 7) is 2.70. The van der Waals surface area contributed by atoms with Crippen molar-refractivity contribution in [2.45, 2.75) is 76.0 Å². The van der Waals surface area contributed by atoms with Crippen LogP contribution >= 0.6 is 11.8 Å². The van der Waals surface area contributed by atoms with Crippen molar-refractivity contribution in [3.05, 3.63) is 150 Å². The highest BCUT2D eigenvalue weighted by molar-refractivity contribution is 8.14. The molecule has 0 radical (unpaired) electrons. The van der Waals surface area contributed by atoms with Crippen molar-refractivity contribution in [2.24, 2.45) is 0 Å². The lowest BCUT2D eigenvalue weighted by Crippen LogP contribution is -2.28. The summed E-state index contributed by atoms with van der Waals surface area (Å²) in [7, 11) is 5.57. The first-order chi connectivity index (χ1) is 31.1. The van der Waals surface area contributed by atoms with Crippen molar-refractivity contribution in [3.63, 3.8) is 0 Å². The zero-order chi connectivity index (χ0) is 45.3. The maximum absolute atomic E-state index is 14.4. The molecule has 332 valence electrons. The van der Waals surface area contributed by atoms with Crippen molar-refractivity contribution in [1.82, 2.24) is 0 Å². The Balaban J connectivity index is 1.15. The van der Waals surface area contributed by atoms with Crippen molar-refractivity contribution in [1.29, 1.82) is 0 Å². The molecule has 0 fully saturated rings. The van der Waals surface area contributed by atoms with Crippen LogP contribution < -0.4 is 25.2 Å². The van der Waals surface area contributed by atoms with E-state index in [9.17, 15) is 19.5 Å². The molecule has 0 aromatic heterocycles. The number of unbranched alkanes of at least 4 members (excludes halogenated alkanes) is 9. The largest absolute Gasteiger partial charge is 0.506 e. The number of nitrogens with zero attached hydrogens (tertiary/aromatic N) is 2. The summed E-state index contributed by atoms with van der Waals surface area (Å²) in [5.74, 6) is -0.447. The number of carbonyl (C=O) groups is 3. The summed E-state index contributed by atoms with van der Waals surface area (Å²) in [6.07, 6.45) is 15.7. The highest BCUT2D eigenvalue weighted by Crippen LogP contribution is 2.38. The number of thioether (sulfide) groups is 1. The van der Waals surface area contributed by atoms with Crippen LogP contribution in [0.1, 0.15) is 103 Å². The van der Waals surface area contributed by atoms with Gasteiger partial charge in [-0.15, -0.1) is 0 Å². The van der Waals surface area contributed by atoms with E-state index in [1.54, 1.807) is 65.6 Å². The molecule has 0 aliphatic heterocycles. The van der Waals surface area contributed by atoms with Crippen LogP contribution in [0.25, 0.3) is 22.9 Å². The van der Waals surface area contributed by atoms with Gasteiger partial charge in [-0.25, -0.2) is 0 Å². The third kappa shape index (κ3) is 13.0. The number of para-hydroxylation sites is 2. The van der Waals surface area contributed by atoms with Gasteiger partial charge in [0.1, 0.15) is 11.5 Å². The van der Waals surface area contributed by atoms with Crippen LogP contribution in [0.4, 0.5) is 27.5 Å². The van der Waals surface area contributed by atoms with Crippen molar-refractivity contribution < 1.29 is 24.2 Å². The highest BCUT2D eigenvalue weighted by atomic mass is 32.2. The van der Waals surface area contributed by atoms with E-state index in [0.29, 0.717) is 50.6 Å². The van der Waals surface area contributed by atoms with Gasteiger partial charge in [0.25, 0.3) is 17.1 Å². The lowest BCUT2D eigenvalue weighted by atomic mass is 10.0. The van der Waals surface area contributed by atoms with Gasteiger partial charge in [-0.2, -0.15) is 0 Å². The monoisotopic (exact) mass is 876 g/mol. The fourth-order valence-electron chi connectivity index (χ4n) is 7.56. The van der Waals surface area contributed by atoms with E-state index in [4.69, 9.17) is 4.74 Å². The Morgan fingerprint density at radius 3 is 1.97 bits per heavy atom. The zero-order valence-corrected chi connectivity index (χ0v) is 38.3. The first kappa shape index (κ1) is 47.0. The lowest BCUT2D eigenvalue weighted by Gasteiger charge is -2.24. The number of hydrogen-bond donors (Lipinski definition) is 3. The molecule has 0 saturated carbocycles. The van der Waals surface area contributed by atoms with E-state index in [2.05, 4.69) is 52.8 Å². The molecule has 0 saturated heterocycles. The van der Waals surface area contributed by atoms with Crippen LogP contribution in [0.5, 0.6) is 11.5 Å². The van der Waals surface area contributed by atoms with Gasteiger partial charge < -0.3 is 30.3 Å².